The zero-order valence-corrected chi connectivity index (χ0v) is 17.3. The first-order chi connectivity index (χ1) is 11.6. The summed E-state index contributed by atoms with van der Waals surface area (Å²) >= 11 is 0. The van der Waals surface area contributed by atoms with Crippen molar-refractivity contribution in [2.45, 2.75) is 39.7 Å². The molecular formula is C17H31Cl2N5O2. The Hall–Kier alpha value is -0.890. The maximum absolute atomic E-state index is 12.6. The van der Waals surface area contributed by atoms with Crippen molar-refractivity contribution in [3.63, 3.8) is 0 Å². The molecule has 2 saturated heterocycles. The minimum absolute atomic E-state index is 0. The molecule has 1 atom stereocenters. The van der Waals surface area contributed by atoms with Crippen LogP contribution in [0.15, 0.2) is 4.52 Å². The molecule has 26 heavy (non-hydrogen) atoms. The Labute approximate surface area is 168 Å². The molecule has 0 spiro atoms. The number of hydrogen-bond donors (Lipinski definition) is 1. The van der Waals surface area contributed by atoms with Crippen molar-refractivity contribution in [1.29, 1.82) is 0 Å². The van der Waals surface area contributed by atoms with Gasteiger partial charge in [-0.05, 0) is 37.8 Å². The van der Waals surface area contributed by atoms with Gasteiger partial charge in [0.15, 0.2) is 5.82 Å². The van der Waals surface area contributed by atoms with Gasteiger partial charge in [0, 0.05) is 39.5 Å². The number of nitrogens with zero attached hydrogens (tertiary/aromatic N) is 4. The van der Waals surface area contributed by atoms with E-state index in [1.807, 2.05) is 4.90 Å². The lowest BCUT2D eigenvalue weighted by Gasteiger charge is -2.35. The second-order valence-electron chi connectivity index (χ2n) is 7.16. The summed E-state index contributed by atoms with van der Waals surface area (Å²) in [4.78, 5) is 21.1. The van der Waals surface area contributed by atoms with Gasteiger partial charge in [-0.3, -0.25) is 9.69 Å². The van der Waals surface area contributed by atoms with E-state index in [-0.39, 0.29) is 24.8 Å². The SMILES string of the molecule is Cc1nc(CN2CCN(C(=O)CC(C)C3CCNCC3)CC2)no1.Cl.Cl. The quantitative estimate of drug-likeness (QED) is 0.802. The molecule has 0 aromatic carbocycles. The molecule has 150 valence electrons. The van der Waals surface area contributed by atoms with Crippen molar-refractivity contribution in [1.82, 2.24) is 25.3 Å². The zero-order valence-electron chi connectivity index (χ0n) is 15.6. The monoisotopic (exact) mass is 407 g/mol. The van der Waals surface area contributed by atoms with Crippen LogP contribution in [-0.2, 0) is 11.3 Å². The van der Waals surface area contributed by atoms with Gasteiger partial charge in [0.1, 0.15) is 0 Å². The van der Waals surface area contributed by atoms with E-state index in [9.17, 15) is 4.79 Å². The third-order valence-corrected chi connectivity index (χ3v) is 5.34. The number of halogens is 2. The Morgan fingerprint density at radius 3 is 2.46 bits per heavy atom. The van der Waals surface area contributed by atoms with Gasteiger partial charge in [-0.15, -0.1) is 24.8 Å². The summed E-state index contributed by atoms with van der Waals surface area (Å²) in [5, 5.41) is 7.34. The number of carbonyl (C=O) groups is 1. The van der Waals surface area contributed by atoms with E-state index in [1.54, 1.807) is 6.92 Å². The summed E-state index contributed by atoms with van der Waals surface area (Å²) in [7, 11) is 0. The number of aryl methyl sites for hydroxylation is 1. The fraction of sp³-hybridized carbons (Fsp3) is 0.824. The molecule has 1 aromatic heterocycles. The highest BCUT2D eigenvalue weighted by Crippen LogP contribution is 2.25. The van der Waals surface area contributed by atoms with Crippen LogP contribution in [0.2, 0.25) is 0 Å². The molecule has 1 aromatic rings. The van der Waals surface area contributed by atoms with Crippen LogP contribution in [0.1, 0.15) is 37.9 Å². The zero-order chi connectivity index (χ0) is 16.9. The smallest absolute Gasteiger partial charge is 0.223 e. The van der Waals surface area contributed by atoms with Crippen LogP contribution in [0.5, 0.6) is 0 Å². The van der Waals surface area contributed by atoms with Crippen LogP contribution in [0.3, 0.4) is 0 Å². The Kier molecular flexibility index (Phi) is 9.85. The molecule has 0 bridgehead atoms. The second-order valence-corrected chi connectivity index (χ2v) is 7.16. The van der Waals surface area contributed by atoms with Gasteiger partial charge in [0.25, 0.3) is 0 Å². The van der Waals surface area contributed by atoms with Crippen LogP contribution >= 0.6 is 24.8 Å². The summed E-state index contributed by atoms with van der Waals surface area (Å²) in [6.07, 6.45) is 3.09. The van der Waals surface area contributed by atoms with E-state index < -0.39 is 0 Å². The Morgan fingerprint density at radius 1 is 1.23 bits per heavy atom. The molecule has 7 nitrogen and oxygen atoms in total. The van der Waals surface area contributed by atoms with Crippen molar-refractivity contribution in [3.05, 3.63) is 11.7 Å². The van der Waals surface area contributed by atoms with Gasteiger partial charge in [0.2, 0.25) is 11.8 Å². The maximum atomic E-state index is 12.6. The van der Waals surface area contributed by atoms with Gasteiger partial charge >= 0.3 is 0 Å². The molecule has 2 aliphatic heterocycles. The van der Waals surface area contributed by atoms with E-state index in [2.05, 4.69) is 27.3 Å². The average molecular weight is 408 g/mol. The molecule has 1 unspecified atom stereocenters. The van der Waals surface area contributed by atoms with Gasteiger partial charge in [-0.2, -0.15) is 4.98 Å². The number of hydrogen-bond acceptors (Lipinski definition) is 6. The largest absolute Gasteiger partial charge is 0.340 e. The molecule has 3 rings (SSSR count). The fourth-order valence-corrected chi connectivity index (χ4v) is 3.75. The molecule has 9 heteroatoms. The molecule has 2 fully saturated rings. The first-order valence-corrected chi connectivity index (χ1v) is 9.12. The number of carbonyl (C=O) groups excluding carboxylic acids is 1. The van der Waals surface area contributed by atoms with Gasteiger partial charge in [-0.1, -0.05) is 12.1 Å². The minimum Gasteiger partial charge on any atom is -0.340 e. The number of rotatable bonds is 5. The predicted octanol–water partition coefficient (Wildman–Crippen LogP) is 1.89. The Morgan fingerprint density at radius 2 is 1.88 bits per heavy atom. The number of amides is 1. The van der Waals surface area contributed by atoms with Crippen LogP contribution in [0.4, 0.5) is 0 Å². The lowest BCUT2D eigenvalue weighted by molar-refractivity contribution is -0.134. The minimum atomic E-state index is 0. The third-order valence-electron chi connectivity index (χ3n) is 5.34. The number of nitrogens with one attached hydrogen (secondary N) is 1. The van der Waals surface area contributed by atoms with E-state index in [1.165, 1.54) is 12.8 Å². The topological polar surface area (TPSA) is 74.5 Å². The van der Waals surface area contributed by atoms with Gasteiger partial charge in [0.05, 0.1) is 6.54 Å². The highest BCUT2D eigenvalue weighted by atomic mass is 35.5. The van der Waals surface area contributed by atoms with Gasteiger partial charge in [-0.25, -0.2) is 0 Å². The molecule has 2 aliphatic rings. The maximum Gasteiger partial charge on any atom is 0.223 e. The highest BCUT2D eigenvalue weighted by Gasteiger charge is 2.26. The van der Waals surface area contributed by atoms with E-state index >= 15 is 0 Å². The Bertz CT molecular complexity index is 543. The first kappa shape index (κ1) is 23.1. The summed E-state index contributed by atoms with van der Waals surface area (Å²) in [6.45, 7) is 10.3. The second kappa shape index (κ2) is 11.1. The van der Waals surface area contributed by atoms with Crippen molar-refractivity contribution in [2.24, 2.45) is 11.8 Å². The predicted molar refractivity (Wildman–Crippen MR) is 105 cm³/mol. The molecule has 1 N–H and O–H groups in total. The summed E-state index contributed by atoms with van der Waals surface area (Å²) < 4.78 is 5.01. The van der Waals surface area contributed by atoms with Crippen LogP contribution in [-0.4, -0.2) is 65.1 Å². The summed E-state index contributed by atoms with van der Waals surface area (Å²) in [5.41, 5.74) is 0. The lowest BCUT2D eigenvalue weighted by Crippen LogP contribution is -2.48. The van der Waals surface area contributed by atoms with Crippen LogP contribution < -0.4 is 5.32 Å². The molecular weight excluding hydrogens is 377 g/mol. The van der Waals surface area contributed by atoms with E-state index in [0.29, 0.717) is 36.6 Å². The summed E-state index contributed by atoms with van der Waals surface area (Å²) in [5.74, 6) is 2.83. The van der Waals surface area contributed by atoms with Crippen molar-refractivity contribution in [3.8, 4) is 0 Å². The van der Waals surface area contributed by atoms with Crippen molar-refractivity contribution >= 4 is 30.7 Å². The number of piperazine rings is 1. The normalized spacial score (nSPS) is 20.2. The molecule has 3 heterocycles. The highest BCUT2D eigenvalue weighted by molar-refractivity contribution is 5.85. The molecule has 0 radical (unpaired) electrons. The van der Waals surface area contributed by atoms with Crippen LogP contribution in [0, 0.1) is 18.8 Å². The number of piperidine rings is 1. The molecule has 0 aliphatic carbocycles. The molecule has 1 amide bonds. The van der Waals surface area contributed by atoms with E-state index in [4.69, 9.17) is 4.52 Å². The number of aromatic nitrogens is 2. The fourth-order valence-electron chi connectivity index (χ4n) is 3.75. The first-order valence-electron chi connectivity index (χ1n) is 9.12. The molecule has 0 saturated carbocycles. The summed E-state index contributed by atoms with van der Waals surface area (Å²) in [6, 6.07) is 0. The van der Waals surface area contributed by atoms with Crippen molar-refractivity contribution in [2.75, 3.05) is 39.3 Å². The lowest BCUT2D eigenvalue weighted by atomic mass is 9.84. The average Bonchev–Trinajstić information content (AvgIpc) is 3.01. The van der Waals surface area contributed by atoms with E-state index in [0.717, 1.165) is 45.1 Å². The third kappa shape index (κ3) is 6.37. The van der Waals surface area contributed by atoms with Crippen LogP contribution in [0.25, 0.3) is 0 Å². The standard InChI is InChI=1S/C17H29N5O2.2ClH/c1-13(15-3-5-18-6-4-15)11-17(23)22-9-7-21(8-10-22)12-16-19-14(2)24-20-16;;/h13,15,18H,3-12H2,1-2H3;2*1H. The van der Waals surface area contributed by atoms with Gasteiger partial charge < -0.3 is 14.7 Å². The van der Waals surface area contributed by atoms with Crippen molar-refractivity contribution < 1.29 is 9.32 Å². The Balaban J connectivity index is 0.00000169.